The van der Waals surface area contributed by atoms with Crippen molar-refractivity contribution >= 4 is 19.5 Å². The van der Waals surface area contributed by atoms with Crippen LogP contribution in [-0.2, 0) is 23.1 Å². The van der Waals surface area contributed by atoms with Crippen LogP contribution >= 0.6 is 7.75 Å². The number of nitrogen functional groups attached to an aromatic ring is 1. The first-order chi connectivity index (χ1) is 16.6. The van der Waals surface area contributed by atoms with Crippen molar-refractivity contribution in [2.45, 2.75) is 94.8 Å². The van der Waals surface area contributed by atoms with Gasteiger partial charge in [0.1, 0.15) is 29.7 Å². The van der Waals surface area contributed by atoms with E-state index < -0.39 is 49.5 Å². The van der Waals surface area contributed by atoms with E-state index in [2.05, 4.69) is 10.1 Å². The van der Waals surface area contributed by atoms with Crippen molar-refractivity contribution in [3.63, 3.8) is 0 Å². The number of aliphatic hydroxyl groups is 1. The summed E-state index contributed by atoms with van der Waals surface area (Å²) in [7, 11) is -4.08. The fraction of sp³-hybridized carbons (Fsp3) is 0.773. The third-order valence-electron chi connectivity index (χ3n) is 7.17. The van der Waals surface area contributed by atoms with Gasteiger partial charge in [0.2, 0.25) is 0 Å². The van der Waals surface area contributed by atoms with Gasteiger partial charge in [0, 0.05) is 6.20 Å². The lowest BCUT2D eigenvalue weighted by Gasteiger charge is -2.36. The molecule has 196 valence electrons. The molecular weight excluding hydrogens is 479 g/mol. The highest BCUT2D eigenvalue weighted by Crippen LogP contribution is 2.55. The molecule has 1 aromatic rings. The quantitative estimate of drug-likeness (QED) is 0.281. The predicted octanol–water partition coefficient (Wildman–Crippen LogP) is 2.18. The highest BCUT2D eigenvalue weighted by Gasteiger charge is 2.60. The molecular formula is C22H35N4O8P. The van der Waals surface area contributed by atoms with Crippen molar-refractivity contribution < 1.29 is 33.4 Å². The molecule has 3 fully saturated rings. The molecule has 1 aliphatic carbocycles. The molecule has 0 amide bonds. The number of hydrogen-bond donors (Lipinski definition) is 4. The first-order valence-corrected chi connectivity index (χ1v) is 13.8. The molecule has 2 aliphatic heterocycles. The summed E-state index contributed by atoms with van der Waals surface area (Å²) in [6.07, 6.45) is 7.40. The van der Waals surface area contributed by atoms with Crippen LogP contribution in [0.1, 0.15) is 70.9 Å². The first-order valence-electron chi connectivity index (χ1n) is 12.2. The Kier molecular flexibility index (Phi) is 7.99. The third-order valence-corrected chi connectivity index (χ3v) is 8.80. The van der Waals surface area contributed by atoms with Crippen LogP contribution in [0.25, 0.3) is 0 Å². The molecule has 0 spiro atoms. The van der Waals surface area contributed by atoms with E-state index in [0.717, 1.165) is 17.4 Å². The Morgan fingerprint density at radius 2 is 2.11 bits per heavy atom. The van der Waals surface area contributed by atoms with Crippen LogP contribution in [0.2, 0.25) is 0 Å². The Labute approximate surface area is 203 Å². The van der Waals surface area contributed by atoms with E-state index in [9.17, 15) is 24.4 Å². The van der Waals surface area contributed by atoms with Crippen molar-refractivity contribution in [1.29, 1.82) is 0 Å². The van der Waals surface area contributed by atoms with Crippen LogP contribution in [0.15, 0.2) is 17.1 Å². The number of aromatic nitrogens is 2. The number of nitrogens with two attached hydrogens (primary N) is 1. The Balaban J connectivity index is 1.37. The van der Waals surface area contributed by atoms with E-state index in [1.807, 2.05) is 0 Å². The molecule has 0 aromatic carbocycles. The average molecular weight is 515 g/mol. The summed E-state index contributed by atoms with van der Waals surface area (Å²) >= 11 is 0. The molecule has 1 saturated carbocycles. The molecule has 2 saturated heterocycles. The number of carbonyl (C=O) groups is 1. The molecule has 1 aromatic heterocycles. The lowest BCUT2D eigenvalue weighted by atomic mass is 9.85. The van der Waals surface area contributed by atoms with Gasteiger partial charge in [-0.15, -0.1) is 0 Å². The summed E-state index contributed by atoms with van der Waals surface area (Å²) < 4.78 is 31.2. The summed E-state index contributed by atoms with van der Waals surface area (Å²) in [5.41, 5.74) is 3.02. The number of nitrogens with one attached hydrogen (secondary N) is 1. The van der Waals surface area contributed by atoms with Crippen LogP contribution in [0, 0.1) is 5.92 Å². The number of carboxylic acid groups (broad SMARTS) is 1. The average Bonchev–Trinajstić information content (AvgIpc) is 3.06. The zero-order chi connectivity index (χ0) is 25.2. The smallest absolute Gasteiger partial charge is 0.406 e. The molecule has 3 heterocycles. The van der Waals surface area contributed by atoms with Gasteiger partial charge in [0.15, 0.2) is 6.23 Å². The van der Waals surface area contributed by atoms with Gasteiger partial charge >= 0.3 is 19.4 Å². The molecule has 0 bridgehead atoms. The molecule has 35 heavy (non-hydrogen) atoms. The molecule has 4 rings (SSSR count). The summed E-state index contributed by atoms with van der Waals surface area (Å²) in [5, 5.41) is 23.4. The van der Waals surface area contributed by atoms with E-state index in [1.54, 1.807) is 0 Å². The van der Waals surface area contributed by atoms with Gasteiger partial charge in [-0.05, 0) is 25.3 Å². The number of unbranched alkanes of at least 4 members (excludes halogenated alkanes) is 1. The number of anilines is 1. The van der Waals surface area contributed by atoms with Crippen LogP contribution in [0.5, 0.6) is 0 Å². The van der Waals surface area contributed by atoms with Gasteiger partial charge in [-0.25, -0.2) is 14.4 Å². The predicted molar refractivity (Wildman–Crippen MR) is 125 cm³/mol. The summed E-state index contributed by atoms with van der Waals surface area (Å²) in [6, 6.07) is 0.258. The second-order valence-corrected chi connectivity index (χ2v) is 11.6. The third kappa shape index (κ3) is 5.95. The highest BCUT2D eigenvalue weighted by molar-refractivity contribution is 7.51. The number of rotatable bonds is 9. The maximum atomic E-state index is 13.3. The maximum absolute atomic E-state index is 13.3. The van der Waals surface area contributed by atoms with Crippen molar-refractivity contribution in [3.8, 4) is 0 Å². The van der Waals surface area contributed by atoms with Crippen LogP contribution in [0.3, 0.4) is 0 Å². The lowest BCUT2D eigenvalue weighted by Crippen LogP contribution is -2.50. The minimum absolute atomic E-state index is 0.0213. The second kappa shape index (κ2) is 10.7. The van der Waals surface area contributed by atoms with Crippen molar-refractivity contribution in [2.75, 3.05) is 12.3 Å². The fourth-order valence-corrected chi connectivity index (χ4v) is 7.06. The molecule has 3 aliphatic rings. The van der Waals surface area contributed by atoms with E-state index in [-0.39, 0.29) is 18.8 Å². The van der Waals surface area contributed by atoms with Crippen molar-refractivity contribution in [1.82, 2.24) is 14.6 Å². The molecule has 12 nitrogen and oxygen atoms in total. The van der Waals surface area contributed by atoms with Gasteiger partial charge in [-0.2, -0.15) is 4.98 Å². The van der Waals surface area contributed by atoms with Crippen LogP contribution < -0.4 is 16.5 Å². The van der Waals surface area contributed by atoms with Gasteiger partial charge in [0.25, 0.3) is 0 Å². The number of hydrogen-bond acceptors (Lipinski definition) is 9. The minimum atomic E-state index is -4.08. The Hall–Kier alpha value is -1.82. The molecule has 13 heteroatoms. The van der Waals surface area contributed by atoms with Gasteiger partial charge in [-0.3, -0.25) is 18.4 Å². The summed E-state index contributed by atoms with van der Waals surface area (Å²) in [5.74, 6) is -0.423. The standard InChI is InChI=1S/C22H35N4O8P/c1-22(30)18-16(33-20(22)26-12-11-17(23)24-21(26)29)13-32-35(31,34-18)25-15(19(27)28)10-6-5-9-14-7-3-2-4-8-14/h11-12,14-16,18,20,30H,2-10,13H2,1H3,(H,25,31)(H,27,28)(H2,23,24,29)/t15-,16+,18+,20+,22+,35?/m0/s1. The van der Waals surface area contributed by atoms with E-state index >= 15 is 0 Å². The number of fused-ring (bicyclic) bond motifs is 1. The Morgan fingerprint density at radius 3 is 2.80 bits per heavy atom. The summed E-state index contributed by atoms with van der Waals surface area (Å²) in [4.78, 5) is 27.8. The highest BCUT2D eigenvalue weighted by atomic mass is 31.2. The fourth-order valence-electron chi connectivity index (χ4n) is 5.25. The monoisotopic (exact) mass is 514 g/mol. The molecule has 5 N–H and O–H groups in total. The van der Waals surface area contributed by atoms with Gasteiger partial charge in [0.05, 0.1) is 6.61 Å². The lowest BCUT2D eigenvalue weighted by molar-refractivity contribution is -0.139. The topological polar surface area (TPSA) is 175 Å². The van der Waals surface area contributed by atoms with Crippen LogP contribution in [-0.4, -0.2) is 56.2 Å². The van der Waals surface area contributed by atoms with Crippen LogP contribution in [0.4, 0.5) is 5.82 Å². The maximum Gasteiger partial charge on any atom is 0.406 e. The largest absolute Gasteiger partial charge is 0.480 e. The zero-order valence-corrected chi connectivity index (χ0v) is 20.8. The minimum Gasteiger partial charge on any atom is -0.480 e. The summed E-state index contributed by atoms with van der Waals surface area (Å²) in [6.45, 7) is 1.17. The van der Waals surface area contributed by atoms with Crippen molar-refractivity contribution in [3.05, 3.63) is 22.7 Å². The Bertz CT molecular complexity index is 1010. The number of carboxylic acids is 1. The SMILES string of the molecule is C[C@@]1(O)[C@@H]2OP(=O)(N[C@@H](CCCCC3CCCCC3)C(=O)O)OC[C@H]2O[C@H]1n1ccc(N)nc1=O. The van der Waals surface area contributed by atoms with Gasteiger partial charge in [-0.1, -0.05) is 51.4 Å². The second-order valence-electron chi connectivity index (χ2n) is 9.92. The Morgan fingerprint density at radius 1 is 1.37 bits per heavy atom. The normalized spacial score (nSPS) is 34.4. The van der Waals surface area contributed by atoms with E-state index in [0.29, 0.717) is 12.3 Å². The number of nitrogens with zero attached hydrogens (tertiary/aromatic N) is 2. The number of ether oxygens (including phenoxy) is 1. The zero-order valence-electron chi connectivity index (χ0n) is 19.9. The number of aliphatic carboxylic acids is 1. The molecule has 6 atom stereocenters. The van der Waals surface area contributed by atoms with Gasteiger partial charge < -0.3 is 20.7 Å². The van der Waals surface area contributed by atoms with Crippen molar-refractivity contribution in [2.24, 2.45) is 5.92 Å². The van der Waals surface area contributed by atoms with E-state index in [4.69, 9.17) is 19.5 Å². The first kappa shape index (κ1) is 26.2. The van der Waals surface area contributed by atoms with E-state index in [1.165, 1.54) is 51.3 Å². The molecule has 0 radical (unpaired) electrons. The molecule has 1 unspecified atom stereocenters.